The van der Waals surface area contributed by atoms with Crippen LogP contribution in [0.5, 0.6) is 5.75 Å². The van der Waals surface area contributed by atoms with Crippen molar-refractivity contribution in [2.75, 3.05) is 7.11 Å². The van der Waals surface area contributed by atoms with E-state index in [1.807, 2.05) is 0 Å². The van der Waals surface area contributed by atoms with Gasteiger partial charge in [0.15, 0.2) is 0 Å². The van der Waals surface area contributed by atoms with Gasteiger partial charge >= 0.3 is 5.97 Å². The second-order valence-corrected chi connectivity index (χ2v) is 6.75. The minimum Gasteiger partial charge on any atom is -0.495 e. The molecule has 1 aliphatic rings. The summed E-state index contributed by atoms with van der Waals surface area (Å²) in [4.78, 5) is 10.8. The lowest BCUT2D eigenvalue weighted by Crippen LogP contribution is -2.43. The Morgan fingerprint density at radius 2 is 2.05 bits per heavy atom. The Labute approximate surface area is 117 Å². The number of ether oxygens (including phenoxy) is 1. The summed E-state index contributed by atoms with van der Waals surface area (Å²) in [7, 11) is -2.43. The van der Waals surface area contributed by atoms with Crippen molar-refractivity contribution in [1.82, 2.24) is 4.72 Å². The third kappa shape index (κ3) is 2.94. The fourth-order valence-corrected chi connectivity index (χ4v) is 3.76. The molecule has 2 N–H and O–H groups in total. The van der Waals surface area contributed by atoms with Crippen LogP contribution in [0.15, 0.2) is 23.1 Å². The first kappa shape index (κ1) is 14.8. The lowest BCUT2D eigenvalue weighted by atomic mass is 9.83. The maximum Gasteiger partial charge on any atom is 0.335 e. The van der Waals surface area contributed by atoms with Crippen LogP contribution in [-0.4, -0.2) is 32.6 Å². The number of carbonyl (C=O) groups is 1. The molecule has 0 bridgehead atoms. The highest BCUT2D eigenvalue weighted by atomic mass is 32.2. The summed E-state index contributed by atoms with van der Waals surface area (Å²) in [5.74, 6) is -0.536. The molecule has 7 heteroatoms. The van der Waals surface area contributed by atoms with Gasteiger partial charge in [0.1, 0.15) is 10.6 Å². The van der Waals surface area contributed by atoms with Crippen LogP contribution >= 0.6 is 0 Å². The van der Waals surface area contributed by atoms with E-state index in [1.54, 1.807) is 0 Å². The molecule has 1 aliphatic carbocycles. The number of methoxy groups -OCH3 is 1. The second-order valence-electron chi connectivity index (χ2n) is 5.07. The first-order valence-electron chi connectivity index (χ1n) is 6.27. The number of sulfonamides is 1. The van der Waals surface area contributed by atoms with E-state index in [0.717, 1.165) is 18.9 Å². The number of carboxylic acids is 1. The molecule has 110 valence electrons. The quantitative estimate of drug-likeness (QED) is 0.859. The van der Waals surface area contributed by atoms with Gasteiger partial charge in [-0.1, -0.05) is 6.92 Å². The molecule has 1 aromatic rings. The molecule has 0 aliphatic heterocycles. The second kappa shape index (κ2) is 5.41. The van der Waals surface area contributed by atoms with E-state index < -0.39 is 16.0 Å². The monoisotopic (exact) mass is 299 g/mol. The molecule has 0 radical (unpaired) electrons. The van der Waals surface area contributed by atoms with Crippen molar-refractivity contribution in [1.29, 1.82) is 0 Å². The summed E-state index contributed by atoms with van der Waals surface area (Å²) in [6, 6.07) is 3.69. The first-order valence-corrected chi connectivity index (χ1v) is 7.75. The molecule has 0 amide bonds. The molecule has 1 fully saturated rings. The van der Waals surface area contributed by atoms with Crippen molar-refractivity contribution >= 4 is 16.0 Å². The minimum absolute atomic E-state index is 0.0896. The molecule has 0 atom stereocenters. The van der Waals surface area contributed by atoms with Crippen LogP contribution in [0, 0.1) is 5.92 Å². The van der Waals surface area contributed by atoms with E-state index in [2.05, 4.69) is 11.6 Å². The Hall–Kier alpha value is -1.60. The van der Waals surface area contributed by atoms with Crippen molar-refractivity contribution in [3.63, 3.8) is 0 Å². The predicted molar refractivity (Wildman–Crippen MR) is 72.5 cm³/mol. The minimum atomic E-state index is -3.78. The summed E-state index contributed by atoms with van der Waals surface area (Å²) in [6.45, 7) is 2.05. The summed E-state index contributed by atoms with van der Waals surface area (Å²) in [5.41, 5.74) is -0.0897. The van der Waals surface area contributed by atoms with Crippen LogP contribution in [0.3, 0.4) is 0 Å². The van der Waals surface area contributed by atoms with Crippen molar-refractivity contribution in [2.24, 2.45) is 5.92 Å². The Morgan fingerprint density at radius 3 is 2.55 bits per heavy atom. The van der Waals surface area contributed by atoms with Crippen molar-refractivity contribution in [3.05, 3.63) is 23.8 Å². The zero-order chi connectivity index (χ0) is 14.9. The van der Waals surface area contributed by atoms with Gasteiger partial charge in [-0.05, 0) is 37.0 Å². The lowest BCUT2D eigenvalue weighted by molar-refractivity contribution is 0.0696. The van der Waals surface area contributed by atoms with E-state index in [4.69, 9.17) is 9.84 Å². The van der Waals surface area contributed by atoms with Gasteiger partial charge in [0.05, 0.1) is 12.7 Å². The average molecular weight is 299 g/mol. The molecular formula is C13H17NO5S. The van der Waals surface area contributed by atoms with Crippen molar-refractivity contribution in [3.8, 4) is 5.75 Å². The van der Waals surface area contributed by atoms with Gasteiger partial charge in [-0.25, -0.2) is 17.9 Å². The van der Waals surface area contributed by atoms with Crippen molar-refractivity contribution < 1.29 is 23.1 Å². The van der Waals surface area contributed by atoms with Gasteiger partial charge in [0, 0.05) is 6.04 Å². The number of hydrogen-bond donors (Lipinski definition) is 2. The van der Waals surface area contributed by atoms with Gasteiger partial charge in [0.25, 0.3) is 0 Å². The van der Waals surface area contributed by atoms with E-state index in [1.165, 1.54) is 19.2 Å². The fraction of sp³-hybridized carbons (Fsp3) is 0.462. The standard InChI is InChI=1S/C13H17NO5S/c1-8-5-10(6-8)14-20(17,18)12-7-9(13(15)16)3-4-11(12)19-2/h3-4,7-8,10,14H,5-6H2,1-2H3,(H,15,16). The molecule has 6 nitrogen and oxygen atoms in total. The third-order valence-electron chi connectivity index (χ3n) is 3.40. The van der Waals surface area contributed by atoms with Crippen LogP contribution < -0.4 is 9.46 Å². The molecule has 1 saturated carbocycles. The van der Waals surface area contributed by atoms with E-state index >= 15 is 0 Å². The van der Waals surface area contributed by atoms with E-state index in [-0.39, 0.29) is 22.3 Å². The van der Waals surface area contributed by atoms with Crippen LogP contribution in [0.2, 0.25) is 0 Å². The molecule has 0 heterocycles. The third-order valence-corrected chi connectivity index (χ3v) is 4.94. The van der Waals surface area contributed by atoms with Gasteiger partial charge in [0.2, 0.25) is 10.0 Å². The summed E-state index contributed by atoms with van der Waals surface area (Å²) in [6.07, 6.45) is 1.58. The molecular weight excluding hydrogens is 282 g/mol. The highest BCUT2D eigenvalue weighted by Gasteiger charge is 2.31. The fourth-order valence-electron chi connectivity index (χ4n) is 2.30. The maximum absolute atomic E-state index is 12.3. The zero-order valence-electron chi connectivity index (χ0n) is 11.3. The van der Waals surface area contributed by atoms with Crippen molar-refractivity contribution in [2.45, 2.75) is 30.7 Å². The van der Waals surface area contributed by atoms with E-state index in [0.29, 0.717) is 5.92 Å². The largest absolute Gasteiger partial charge is 0.495 e. The molecule has 0 aromatic heterocycles. The smallest absolute Gasteiger partial charge is 0.335 e. The highest BCUT2D eigenvalue weighted by Crippen LogP contribution is 2.30. The first-order chi connectivity index (χ1) is 9.33. The zero-order valence-corrected chi connectivity index (χ0v) is 12.1. The van der Waals surface area contributed by atoms with Gasteiger partial charge < -0.3 is 9.84 Å². The van der Waals surface area contributed by atoms with Crippen LogP contribution in [0.25, 0.3) is 0 Å². The molecule has 20 heavy (non-hydrogen) atoms. The Kier molecular flexibility index (Phi) is 4.01. The lowest BCUT2D eigenvalue weighted by Gasteiger charge is -2.33. The Morgan fingerprint density at radius 1 is 1.40 bits per heavy atom. The van der Waals surface area contributed by atoms with Gasteiger partial charge in [-0.3, -0.25) is 0 Å². The molecule has 2 rings (SSSR count). The Bertz CT molecular complexity index is 620. The molecule has 1 aromatic carbocycles. The van der Waals surface area contributed by atoms with Gasteiger partial charge in [-0.2, -0.15) is 0 Å². The molecule has 0 unspecified atom stereocenters. The summed E-state index contributed by atoms with van der Waals surface area (Å²) in [5, 5.41) is 8.96. The normalized spacial score (nSPS) is 22.1. The number of carboxylic acid groups (broad SMARTS) is 1. The topological polar surface area (TPSA) is 92.7 Å². The number of aromatic carboxylic acids is 1. The number of benzene rings is 1. The molecule has 0 spiro atoms. The average Bonchev–Trinajstić information content (AvgIpc) is 2.35. The number of nitrogens with one attached hydrogen (secondary N) is 1. The predicted octanol–water partition coefficient (Wildman–Crippen LogP) is 1.47. The maximum atomic E-state index is 12.3. The Balaban J connectivity index is 2.33. The number of hydrogen-bond acceptors (Lipinski definition) is 4. The highest BCUT2D eigenvalue weighted by molar-refractivity contribution is 7.89. The van der Waals surface area contributed by atoms with Gasteiger partial charge in [-0.15, -0.1) is 0 Å². The van der Waals surface area contributed by atoms with Crippen LogP contribution in [0.1, 0.15) is 30.1 Å². The summed E-state index contributed by atoms with van der Waals surface area (Å²) < 4.78 is 32.2. The van der Waals surface area contributed by atoms with E-state index in [9.17, 15) is 13.2 Å². The van der Waals surface area contributed by atoms with Crippen LogP contribution in [-0.2, 0) is 10.0 Å². The number of rotatable bonds is 5. The molecule has 0 saturated heterocycles. The SMILES string of the molecule is COc1ccc(C(=O)O)cc1S(=O)(=O)NC1CC(C)C1. The van der Waals surface area contributed by atoms with Crippen LogP contribution in [0.4, 0.5) is 0 Å². The summed E-state index contributed by atoms with van der Waals surface area (Å²) >= 11 is 0.